The zero-order chi connectivity index (χ0) is 19.5. The van der Waals surface area contributed by atoms with Crippen molar-refractivity contribution < 1.29 is 4.79 Å². The Hall–Kier alpha value is -3.41. The fourth-order valence-electron chi connectivity index (χ4n) is 3.42. The third-order valence-corrected chi connectivity index (χ3v) is 4.90. The first-order chi connectivity index (χ1) is 13.6. The minimum atomic E-state index is -0.00470. The van der Waals surface area contributed by atoms with Gasteiger partial charge in [0.15, 0.2) is 0 Å². The number of nitrogens with zero attached hydrogens (tertiary/aromatic N) is 3. The Kier molecular flexibility index (Phi) is 4.93. The highest BCUT2D eigenvalue weighted by Crippen LogP contribution is 2.18. The number of hydrogen-bond acceptors (Lipinski definition) is 3. The minimum absolute atomic E-state index is 0.00470. The number of aryl methyl sites for hydroxylation is 1. The van der Waals surface area contributed by atoms with E-state index in [4.69, 9.17) is 0 Å². The van der Waals surface area contributed by atoms with Crippen LogP contribution in [-0.4, -0.2) is 32.2 Å². The third kappa shape index (κ3) is 3.67. The number of aromatic nitrogens is 4. The van der Waals surface area contributed by atoms with Crippen LogP contribution in [0.1, 0.15) is 22.8 Å². The van der Waals surface area contributed by atoms with Crippen LogP contribution in [-0.2, 0) is 17.6 Å². The van der Waals surface area contributed by atoms with Crippen molar-refractivity contribution in [2.24, 2.45) is 0 Å². The van der Waals surface area contributed by atoms with Crippen LogP contribution >= 0.6 is 0 Å². The highest BCUT2D eigenvalue weighted by Gasteiger charge is 2.15. The molecule has 0 saturated heterocycles. The molecule has 0 aliphatic heterocycles. The molecule has 0 radical (unpaired) electrons. The van der Waals surface area contributed by atoms with Crippen molar-refractivity contribution in [3.05, 3.63) is 77.4 Å². The predicted molar refractivity (Wildman–Crippen MR) is 110 cm³/mol. The van der Waals surface area contributed by atoms with Gasteiger partial charge >= 0.3 is 0 Å². The Balaban J connectivity index is 1.38. The van der Waals surface area contributed by atoms with Crippen LogP contribution < -0.4 is 5.32 Å². The normalized spacial score (nSPS) is 11.1. The summed E-state index contributed by atoms with van der Waals surface area (Å²) in [6, 6.07) is 17.9. The fraction of sp³-hybridized carbons (Fsp3) is 0.227. The summed E-state index contributed by atoms with van der Waals surface area (Å²) in [7, 11) is 0. The molecule has 0 bridgehead atoms. The lowest BCUT2D eigenvalue weighted by molar-refractivity contribution is -0.120. The van der Waals surface area contributed by atoms with Gasteiger partial charge in [-0.05, 0) is 38.1 Å². The molecule has 2 aromatic heterocycles. The number of imidazole rings is 1. The average molecular weight is 373 g/mol. The van der Waals surface area contributed by atoms with Crippen LogP contribution in [0.3, 0.4) is 0 Å². The Bertz CT molecular complexity index is 1080. The molecule has 0 saturated carbocycles. The number of H-pyrrole nitrogens is 1. The Morgan fingerprint density at radius 1 is 1.07 bits per heavy atom. The predicted octanol–water partition coefficient (Wildman–Crippen LogP) is 3.27. The molecule has 0 atom stereocenters. The van der Waals surface area contributed by atoms with E-state index in [2.05, 4.69) is 20.4 Å². The number of fused-ring (bicyclic) bond motifs is 1. The summed E-state index contributed by atoms with van der Waals surface area (Å²) in [5.74, 6) is 0.876. The van der Waals surface area contributed by atoms with Gasteiger partial charge < -0.3 is 10.3 Å². The van der Waals surface area contributed by atoms with E-state index in [1.165, 1.54) is 0 Å². The van der Waals surface area contributed by atoms with Crippen molar-refractivity contribution in [1.82, 2.24) is 25.1 Å². The third-order valence-electron chi connectivity index (χ3n) is 4.90. The molecule has 4 aromatic rings. The quantitative estimate of drug-likeness (QED) is 0.545. The first-order valence-corrected chi connectivity index (χ1v) is 9.42. The van der Waals surface area contributed by atoms with Gasteiger partial charge in [0.2, 0.25) is 5.91 Å². The summed E-state index contributed by atoms with van der Waals surface area (Å²) >= 11 is 0. The van der Waals surface area contributed by atoms with Crippen LogP contribution in [0.2, 0.25) is 0 Å². The first kappa shape index (κ1) is 18.0. The van der Waals surface area contributed by atoms with E-state index in [0.717, 1.165) is 39.5 Å². The minimum Gasteiger partial charge on any atom is -0.355 e. The molecule has 0 aliphatic rings. The molecule has 2 aromatic carbocycles. The van der Waals surface area contributed by atoms with Gasteiger partial charge in [0, 0.05) is 24.2 Å². The van der Waals surface area contributed by atoms with Gasteiger partial charge in [0.1, 0.15) is 5.82 Å². The van der Waals surface area contributed by atoms with Gasteiger partial charge in [0.25, 0.3) is 0 Å². The largest absolute Gasteiger partial charge is 0.355 e. The van der Waals surface area contributed by atoms with Crippen molar-refractivity contribution in [3.63, 3.8) is 0 Å². The SMILES string of the molecule is Cc1nn(-c2ccccc2)c(C)c1CC(=O)NCCc1nc2ccccc2[nH]1. The molecule has 28 heavy (non-hydrogen) atoms. The maximum absolute atomic E-state index is 12.4. The highest BCUT2D eigenvalue weighted by atomic mass is 16.1. The van der Waals surface area contributed by atoms with Crippen molar-refractivity contribution in [3.8, 4) is 5.69 Å². The van der Waals surface area contributed by atoms with Crippen LogP contribution in [0.5, 0.6) is 0 Å². The van der Waals surface area contributed by atoms with Crippen LogP contribution in [0, 0.1) is 13.8 Å². The Morgan fingerprint density at radius 3 is 2.61 bits per heavy atom. The number of para-hydroxylation sites is 3. The van der Waals surface area contributed by atoms with Crippen molar-refractivity contribution in [2.75, 3.05) is 6.54 Å². The van der Waals surface area contributed by atoms with Gasteiger partial charge in [-0.15, -0.1) is 0 Å². The zero-order valence-electron chi connectivity index (χ0n) is 16.1. The molecule has 142 valence electrons. The molecule has 2 N–H and O–H groups in total. The average Bonchev–Trinajstić information content (AvgIpc) is 3.24. The Labute approximate surface area is 163 Å². The number of carbonyl (C=O) groups is 1. The van der Waals surface area contributed by atoms with E-state index in [1.54, 1.807) is 0 Å². The lowest BCUT2D eigenvalue weighted by Gasteiger charge is -2.06. The van der Waals surface area contributed by atoms with Crippen molar-refractivity contribution >= 4 is 16.9 Å². The number of hydrogen-bond donors (Lipinski definition) is 2. The van der Waals surface area contributed by atoms with E-state index >= 15 is 0 Å². The number of rotatable bonds is 6. The molecule has 6 heteroatoms. The second kappa shape index (κ2) is 7.68. The molecule has 0 fully saturated rings. The van der Waals surface area contributed by atoms with Crippen molar-refractivity contribution in [1.29, 1.82) is 0 Å². The summed E-state index contributed by atoms with van der Waals surface area (Å²) in [6.07, 6.45) is 0.992. The lowest BCUT2D eigenvalue weighted by Crippen LogP contribution is -2.27. The van der Waals surface area contributed by atoms with E-state index in [1.807, 2.05) is 73.1 Å². The van der Waals surface area contributed by atoms with E-state index in [-0.39, 0.29) is 5.91 Å². The molecule has 6 nitrogen and oxygen atoms in total. The van der Waals surface area contributed by atoms with Gasteiger partial charge in [-0.3, -0.25) is 4.79 Å². The monoisotopic (exact) mass is 373 g/mol. The van der Waals surface area contributed by atoms with Gasteiger partial charge in [0.05, 0.1) is 28.8 Å². The summed E-state index contributed by atoms with van der Waals surface area (Å²) in [5, 5.41) is 7.60. The maximum Gasteiger partial charge on any atom is 0.224 e. The highest BCUT2D eigenvalue weighted by molar-refractivity contribution is 5.79. The number of benzene rings is 2. The molecule has 2 heterocycles. The topological polar surface area (TPSA) is 75.6 Å². The Morgan fingerprint density at radius 2 is 1.82 bits per heavy atom. The maximum atomic E-state index is 12.4. The van der Waals surface area contributed by atoms with Crippen molar-refractivity contribution in [2.45, 2.75) is 26.7 Å². The molecular formula is C22H23N5O. The second-order valence-corrected chi connectivity index (χ2v) is 6.87. The molecule has 0 unspecified atom stereocenters. The molecule has 1 amide bonds. The van der Waals surface area contributed by atoms with Gasteiger partial charge in [-0.25, -0.2) is 9.67 Å². The summed E-state index contributed by atoms with van der Waals surface area (Å²) in [4.78, 5) is 20.3. The molecule has 0 spiro atoms. The lowest BCUT2D eigenvalue weighted by atomic mass is 10.1. The summed E-state index contributed by atoms with van der Waals surface area (Å²) < 4.78 is 1.90. The molecule has 4 rings (SSSR count). The van der Waals surface area contributed by atoms with Gasteiger partial charge in [-0.1, -0.05) is 30.3 Å². The molecular weight excluding hydrogens is 350 g/mol. The van der Waals surface area contributed by atoms with Crippen LogP contribution in [0.15, 0.2) is 54.6 Å². The van der Waals surface area contributed by atoms with E-state index in [0.29, 0.717) is 19.4 Å². The summed E-state index contributed by atoms with van der Waals surface area (Å²) in [5.41, 5.74) is 5.82. The van der Waals surface area contributed by atoms with Gasteiger partial charge in [-0.2, -0.15) is 5.10 Å². The first-order valence-electron chi connectivity index (χ1n) is 9.42. The standard InChI is InChI=1S/C22H23N5O/c1-15-18(16(2)27(26-15)17-8-4-3-5-9-17)14-22(28)23-13-12-21-24-19-10-6-7-11-20(19)25-21/h3-11H,12-14H2,1-2H3,(H,23,28)(H,24,25). The second-order valence-electron chi connectivity index (χ2n) is 6.87. The molecule has 0 aliphatic carbocycles. The number of aromatic amines is 1. The van der Waals surface area contributed by atoms with Crippen LogP contribution in [0.25, 0.3) is 16.7 Å². The number of carbonyl (C=O) groups excluding carboxylic acids is 1. The summed E-state index contributed by atoms with van der Waals surface area (Å²) in [6.45, 7) is 4.50. The number of nitrogens with one attached hydrogen (secondary N) is 2. The smallest absolute Gasteiger partial charge is 0.224 e. The fourth-order valence-corrected chi connectivity index (χ4v) is 3.42. The van der Waals surface area contributed by atoms with Crippen LogP contribution in [0.4, 0.5) is 0 Å². The zero-order valence-corrected chi connectivity index (χ0v) is 16.1. The van der Waals surface area contributed by atoms with E-state index in [9.17, 15) is 4.79 Å². The van der Waals surface area contributed by atoms with E-state index < -0.39 is 0 Å². The number of amides is 1.